The Bertz CT molecular complexity index is 4070. The largest absolute Gasteiger partial charge is 0.309 e. The van der Waals surface area contributed by atoms with Gasteiger partial charge in [0, 0.05) is 54.4 Å². The van der Waals surface area contributed by atoms with Gasteiger partial charge in [-0.3, -0.25) is 0 Å². The van der Waals surface area contributed by atoms with Gasteiger partial charge in [-0.1, -0.05) is 190 Å². The number of para-hydroxylation sites is 2. The first-order valence-corrected chi connectivity index (χ1v) is 23.0. The van der Waals surface area contributed by atoms with E-state index in [1.54, 1.807) is 0 Å². The fraction of sp³-hybridized carbons (Fsp3) is 0.0484. The van der Waals surface area contributed by atoms with Gasteiger partial charge < -0.3 is 9.13 Å². The monoisotopic (exact) mass is 855 g/mol. The fourth-order valence-electron chi connectivity index (χ4n) is 11.4. The van der Waals surface area contributed by atoms with Gasteiger partial charge in [0.15, 0.2) is 17.5 Å². The summed E-state index contributed by atoms with van der Waals surface area (Å²) in [5, 5.41) is 9.62. The highest BCUT2D eigenvalue weighted by Gasteiger charge is 2.38. The van der Waals surface area contributed by atoms with Gasteiger partial charge in [-0.05, 0) is 69.4 Å². The molecule has 67 heavy (non-hydrogen) atoms. The second-order valence-electron chi connectivity index (χ2n) is 18.3. The average molecular weight is 856 g/mol. The first kappa shape index (κ1) is 37.7. The quantitative estimate of drug-likeness (QED) is 0.173. The predicted molar refractivity (Wildman–Crippen MR) is 277 cm³/mol. The summed E-state index contributed by atoms with van der Waals surface area (Å²) in [5.74, 6) is 1.91. The Morgan fingerprint density at radius 2 is 0.836 bits per heavy atom. The predicted octanol–water partition coefficient (Wildman–Crippen LogP) is 15.7. The summed E-state index contributed by atoms with van der Waals surface area (Å²) in [7, 11) is 0. The van der Waals surface area contributed by atoms with Crippen molar-refractivity contribution >= 4 is 65.2 Å². The number of fused-ring (bicyclic) bond motifs is 13. The van der Waals surface area contributed by atoms with Crippen molar-refractivity contribution in [2.24, 2.45) is 0 Å². The van der Waals surface area contributed by atoms with Gasteiger partial charge >= 0.3 is 0 Å². The van der Waals surface area contributed by atoms with Crippen molar-refractivity contribution in [3.05, 3.63) is 223 Å². The van der Waals surface area contributed by atoms with Crippen LogP contribution in [0.2, 0.25) is 0 Å². The van der Waals surface area contributed by atoms with Crippen molar-refractivity contribution in [2.75, 3.05) is 0 Å². The van der Waals surface area contributed by atoms with E-state index in [0.29, 0.717) is 17.5 Å². The minimum Gasteiger partial charge on any atom is -0.309 e. The van der Waals surface area contributed by atoms with Gasteiger partial charge in [0.1, 0.15) is 0 Å². The van der Waals surface area contributed by atoms with Gasteiger partial charge in [0.25, 0.3) is 0 Å². The van der Waals surface area contributed by atoms with E-state index in [1.165, 1.54) is 71.1 Å². The second-order valence-corrected chi connectivity index (χ2v) is 18.3. The van der Waals surface area contributed by atoms with E-state index in [0.717, 1.165) is 44.4 Å². The third-order valence-corrected chi connectivity index (χ3v) is 14.4. The summed E-state index contributed by atoms with van der Waals surface area (Å²) >= 11 is 0. The maximum absolute atomic E-state index is 5.21. The molecule has 1 aliphatic carbocycles. The Labute approximate surface area is 386 Å². The molecule has 13 aromatic rings. The van der Waals surface area contributed by atoms with E-state index in [2.05, 4.69) is 199 Å². The fourth-order valence-corrected chi connectivity index (χ4v) is 11.4. The van der Waals surface area contributed by atoms with E-state index in [9.17, 15) is 0 Å². The zero-order valence-corrected chi connectivity index (χ0v) is 36.9. The molecule has 0 N–H and O–H groups in total. The summed E-state index contributed by atoms with van der Waals surface area (Å²) in [6.07, 6.45) is 0. The van der Waals surface area contributed by atoms with Gasteiger partial charge in [-0.2, -0.15) is 0 Å². The van der Waals surface area contributed by atoms with Crippen molar-refractivity contribution in [3.8, 4) is 56.7 Å². The number of hydrogen-bond donors (Lipinski definition) is 0. The summed E-state index contributed by atoms with van der Waals surface area (Å²) in [5.41, 5.74) is 14.9. The van der Waals surface area contributed by atoms with Gasteiger partial charge in [-0.15, -0.1) is 0 Å². The maximum atomic E-state index is 5.21. The smallest absolute Gasteiger partial charge is 0.164 e. The van der Waals surface area contributed by atoms with E-state index in [4.69, 9.17) is 15.0 Å². The molecule has 1 aliphatic rings. The summed E-state index contributed by atoms with van der Waals surface area (Å²) < 4.78 is 5.01. The molecule has 0 radical (unpaired) electrons. The standard InChI is InChI=1S/C62H41N5/c1-62(2)48-30-16-13-29-47(48)56-49(62)34-36-53-58(56)57-45-28-12-11-27-44(45)54(66-50-31-17-14-25-42(50)43-26-15-18-32-51(43)66)37-55(57)67(53)52-35-33-46(40-23-9-10-24-41(40)52)61-64-59(38-19-5-3-6-20-38)63-60(65-61)39-21-7-4-8-22-39/h3-37H,1-2H3. The molecule has 0 amide bonds. The van der Waals surface area contributed by atoms with E-state index >= 15 is 0 Å². The van der Waals surface area contributed by atoms with E-state index in [-0.39, 0.29) is 5.41 Å². The summed E-state index contributed by atoms with van der Waals surface area (Å²) in [6.45, 7) is 4.75. The van der Waals surface area contributed by atoms with Crippen molar-refractivity contribution in [2.45, 2.75) is 19.3 Å². The Morgan fingerprint density at radius 3 is 1.49 bits per heavy atom. The van der Waals surface area contributed by atoms with Gasteiger partial charge in [-0.25, -0.2) is 15.0 Å². The highest BCUT2D eigenvalue weighted by atomic mass is 15.0. The highest BCUT2D eigenvalue weighted by Crippen LogP contribution is 2.55. The molecule has 0 unspecified atom stereocenters. The van der Waals surface area contributed by atoms with Crippen LogP contribution in [0.3, 0.4) is 0 Å². The number of aromatic nitrogens is 5. The van der Waals surface area contributed by atoms with Crippen LogP contribution in [0.5, 0.6) is 0 Å². The first-order chi connectivity index (χ1) is 33.0. The second kappa shape index (κ2) is 14.2. The first-order valence-electron chi connectivity index (χ1n) is 23.0. The molecule has 0 bridgehead atoms. The number of benzene rings is 10. The molecule has 314 valence electrons. The molecule has 0 saturated heterocycles. The lowest BCUT2D eigenvalue weighted by Gasteiger charge is -2.21. The lowest BCUT2D eigenvalue weighted by Crippen LogP contribution is -2.14. The molecule has 14 rings (SSSR count). The van der Waals surface area contributed by atoms with Crippen LogP contribution in [0, 0.1) is 0 Å². The highest BCUT2D eigenvalue weighted by molar-refractivity contribution is 6.28. The van der Waals surface area contributed by atoms with E-state index in [1.807, 2.05) is 36.4 Å². The van der Waals surface area contributed by atoms with Crippen molar-refractivity contribution in [1.82, 2.24) is 24.1 Å². The molecule has 3 heterocycles. The van der Waals surface area contributed by atoms with Crippen LogP contribution in [-0.4, -0.2) is 24.1 Å². The molecular weight excluding hydrogens is 815 g/mol. The molecule has 0 saturated carbocycles. The number of rotatable bonds is 5. The van der Waals surface area contributed by atoms with E-state index < -0.39 is 0 Å². The molecule has 5 heteroatoms. The van der Waals surface area contributed by atoms with Crippen LogP contribution in [0.1, 0.15) is 25.0 Å². The third-order valence-electron chi connectivity index (χ3n) is 14.4. The van der Waals surface area contributed by atoms with Gasteiger partial charge in [0.2, 0.25) is 0 Å². The van der Waals surface area contributed by atoms with Crippen LogP contribution >= 0.6 is 0 Å². The van der Waals surface area contributed by atoms with Crippen LogP contribution in [-0.2, 0) is 5.41 Å². The lowest BCUT2D eigenvalue weighted by atomic mass is 9.82. The summed E-state index contributed by atoms with van der Waals surface area (Å²) in [6, 6.07) is 76.6. The molecule has 0 atom stereocenters. The Kier molecular flexibility index (Phi) is 7.97. The van der Waals surface area contributed by atoms with Gasteiger partial charge in [0.05, 0.1) is 33.4 Å². The van der Waals surface area contributed by atoms with Crippen LogP contribution in [0.4, 0.5) is 0 Å². The van der Waals surface area contributed by atoms with Crippen molar-refractivity contribution in [3.63, 3.8) is 0 Å². The minimum absolute atomic E-state index is 0.163. The lowest BCUT2D eigenvalue weighted by molar-refractivity contribution is 0.661. The number of hydrogen-bond acceptors (Lipinski definition) is 3. The van der Waals surface area contributed by atoms with Crippen LogP contribution in [0.15, 0.2) is 212 Å². The molecule has 0 aliphatic heterocycles. The molecule has 0 fully saturated rings. The normalized spacial score (nSPS) is 13.0. The SMILES string of the molecule is CC1(C)c2ccccc2-c2c1ccc1c2c2c3ccccc3c(-n3c4ccccc4c4ccccc43)cc2n1-c1ccc(-c2nc(-c3ccccc3)nc(-c3ccccc3)n2)c2ccccc12. The molecule has 0 spiro atoms. The molecule has 10 aromatic carbocycles. The zero-order valence-electron chi connectivity index (χ0n) is 36.9. The maximum Gasteiger partial charge on any atom is 0.164 e. The molecule has 5 nitrogen and oxygen atoms in total. The number of nitrogens with zero attached hydrogens (tertiary/aromatic N) is 5. The third kappa shape index (κ3) is 5.40. The molecular formula is C62H41N5. The van der Waals surface area contributed by atoms with Crippen molar-refractivity contribution in [1.29, 1.82) is 0 Å². The Balaban J connectivity index is 1.11. The topological polar surface area (TPSA) is 48.5 Å². The average Bonchev–Trinajstić information content (AvgIpc) is 3.99. The Hall–Kier alpha value is -8.67. The minimum atomic E-state index is -0.163. The summed E-state index contributed by atoms with van der Waals surface area (Å²) in [4.78, 5) is 15.4. The van der Waals surface area contributed by atoms with Crippen molar-refractivity contribution < 1.29 is 0 Å². The van der Waals surface area contributed by atoms with Crippen LogP contribution < -0.4 is 0 Å². The molecule has 3 aromatic heterocycles. The Morgan fingerprint density at radius 1 is 0.328 bits per heavy atom. The van der Waals surface area contributed by atoms with Crippen LogP contribution in [0.25, 0.3) is 122 Å². The zero-order chi connectivity index (χ0) is 44.4.